The van der Waals surface area contributed by atoms with Gasteiger partial charge in [-0.1, -0.05) is 23.2 Å². The summed E-state index contributed by atoms with van der Waals surface area (Å²) < 4.78 is 69.1. The van der Waals surface area contributed by atoms with Crippen molar-refractivity contribution in [3.8, 4) is 23.6 Å². The van der Waals surface area contributed by atoms with Gasteiger partial charge in [0.05, 0.1) is 28.0 Å². The summed E-state index contributed by atoms with van der Waals surface area (Å²) in [6.07, 6.45) is -3.06. The third-order valence-corrected chi connectivity index (χ3v) is 3.87. The molecule has 30 heavy (non-hydrogen) atoms. The van der Waals surface area contributed by atoms with Crippen LogP contribution in [0, 0.1) is 22.7 Å². The minimum absolute atomic E-state index is 0.252. The maximum absolute atomic E-state index is 12.9. The van der Waals surface area contributed by atoms with Crippen LogP contribution in [0.5, 0.6) is 5.75 Å². The topological polar surface area (TPSA) is 113 Å². The smallest absolute Gasteiger partial charge is 0.416 e. The minimum atomic E-state index is -4.72. The van der Waals surface area contributed by atoms with Crippen LogP contribution in [0.3, 0.4) is 0 Å². The average Bonchev–Trinajstić information content (AvgIpc) is 3.02. The van der Waals surface area contributed by atoms with Gasteiger partial charge in [0, 0.05) is 0 Å². The molecule has 1 aromatic carbocycles. The summed E-state index contributed by atoms with van der Waals surface area (Å²) >= 11 is 11.8. The Labute approximate surface area is 175 Å². The molecule has 14 heteroatoms. The van der Waals surface area contributed by atoms with Crippen LogP contribution in [0.25, 0.3) is 5.69 Å². The largest absolute Gasteiger partial charge is 0.431 e. The number of allylic oxidation sites excluding steroid dienone is 2. The van der Waals surface area contributed by atoms with E-state index in [1.807, 2.05) is 0 Å². The van der Waals surface area contributed by atoms with E-state index in [1.54, 1.807) is 0 Å². The molecule has 0 aliphatic carbocycles. The molecular weight excluding hydrogens is 458 g/mol. The summed E-state index contributed by atoms with van der Waals surface area (Å²) in [4.78, 5) is 3.58. The number of nitrogens with two attached hydrogens (primary N) is 1. The van der Waals surface area contributed by atoms with Gasteiger partial charge in [0.2, 0.25) is 0 Å². The Bertz CT molecular complexity index is 1090. The van der Waals surface area contributed by atoms with Gasteiger partial charge in [-0.3, -0.25) is 0 Å². The zero-order valence-electron chi connectivity index (χ0n) is 14.3. The molecule has 0 amide bonds. The molecule has 1 aromatic heterocycles. The van der Waals surface area contributed by atoms with Gasteiger partial charge in [0.15, 0.2) is 11.4 Å². The quantitative estimate of drug-likeness (QED) is 0.399. The van der Waals surface area contributed by atoms with Gasteiger partial charge in [-0.2, -0.15) is 37.6 Å². The number of nitrogens with zero attached hydrogens (tertiary/aromatic N) is 5. The Kier molecular flexibility index (Phi) is 6.87. The van der Waals surface area contributed by atoms with Crippen molar-refractivity contribution in [3.05, 3.63) is 51.0 Å². The second-order valence-electron chi connectivity index (χ2n) is 5.23. The first kappa shape index (κ1) is 22.9. The van der Waals surface area contributed by atoms with E-state index >= 15 is 0 Å². The summed E-state index contributed by atoms with van der Waals surface area (Å²) in [6.45, 7) is -3.29. The number of nitriles is 2. The van der Waals surface area contributed by atoms with Crippen molar-refractivity contribution >= 4 is 29.4 Å². The third-order valence-electron chi connectivity index (χ3n) is 3.29. The highest BCUT2D eigenvalue weighted by atomic mass is 35.5. The predicted octanol–water partition coefficient (Wildman–Crippen LogP) is 4.44. The van der Waals surface area contributed by atoms with E-state index in [0.29, 0.717) is 12.1 Å². The number of hydrogen-bond acceptors (Lipinski definition) is 6. The number of hydrogen-bond donors (Lipinski definition) is 1. The highest BCUT2D eigenvalue weighted by Crippen LogP contribution is 2.38. The molecule has 2 aromatic rings. The van der Waals surface area contributed by atoms with Crippen molar-refractivity contribution < 1.29 is 26.7 Å². The average molecular weight is 465 g/mol. The Balaban J connectivity index is 2.60. The fraction of sp³-hybridized carbons (Fsp3) is 0.125. The molecule has 0 bridgehead atoms. The van der Waals surface area contributed by atoms with Crippen molar-refractivity contribution in [2.75, 3.05) is 0 Å². The van der Waals surface area contributed by atoms with Gasteiger partial charge >= 0.3 is 12.8 Å². The Morgan fingerprint density at radius 3 is 2.30 bits per heavy atom. The summed E-state index contributed by atoms with van der Waals surface area (Å²) in [5, 5.41) is 20.5. The first-order valence-electron chi connectivity index (χ1n) is 7.43. The lowest BCUT2D eigenvalue weighted by atomic mass is 10.2. The SMILES string of the molecule is N#C/C(N)=C(C#N)/N=C/c1nn(-c2c(Cl)cc(C(F)(F)F)cc2Cl)cc1OC(F)F. The third kappa shape index (κ3) is 5.17. The Morgan fingerprint density at radius 2 is 1.83 bits per heavy atom. The zero-order chi connectivity index (χ0) is 22.6. The molecule has 0 saturated carbocycles. The predicted molar refractivity (Wildman–Crippen MR) is 95.3 cm³/mol. The maximum atomic E-state index is 12.9. The monoisotopic (exact) mass is 464 g/mol. The molecule has 0 spiro atoms. The van der Waals surface area contributed by atoms with E-state index < -0.39 is 45.5 Å². The number of benzene rings is 1. The van der Waals surface area contributed by atoms with E-state index in [4.69, 9.17) is 39.5 Å². The van der Waals surface area contributed by atoms with Crippen LogP contribution in [-0.2, 0) is 6.18 Å². The Hall–Kier alpha value is -3.35. The molecule has 7 nitrogen and oxygen atoms in total. The normalized spacial score (nSPS) is 12.6. The molecule has 0 fully saturated rings. The van der Waals surface area contributed by atoms with Gasteiger partial charge in [-0.25, -0.2) is 9.67 Å². The second-order valence-corrected chi connectivity index (χ2v) is 6.05. The molecule has 2 N–H and O–H groups in total. The highest BCUT2D eigenvalue weighted by molar-refractivity contribution is 6.37. The van der Waals surface area contributed by atoms with Crippen molar-refractivity contribution in [1.29, 1.82) is 10.5 Å². The lowest BCUT2D eigenvalue weighted by Gasteiger charge is -2.12. The lowest BCUT2D eigenvalue weighted by molar-refractivity contribution is -0.137. The molecule has 156 valence electrons. The number of aliphatic imine (C=N–C) groups is 1. The van der Waals surface area contributed by atoms with Crippen molar-refractivity contribution in [1.82, 2.24) is 9.78 Å². The highest BCUT2D eigenvalue weighted by Gasteiger charge is 2.32. The van der Waals surface area contributed by atoms with Gasteiger partial charge in [0.1, 0.15) is 29.2 Å². The maximum Gasteiger partial charge on any atom is 0.416 e. The summed E-state index contributed by atoms with van der Waals surface area (Å²) in [7, 11) is 0. The van der Waals surface area contributed by atoms with Crippen LogP contribution in [0.2, 0.25) is 10.0 Å². The molecule has 0 radical (unpaired) electrons. The number of halogens is 7. The summed E-state index contributed by atoms with van der Waals surface area (Å²) in [5.74, 6) is -0.561. The lowest BCUT2D eigenvalue weighted by Crippen LogP contribution is -2.07. The van der Waals surface area contributed by atoms with Crippen LogP contribution in [0.15, 0.2) is 34.7 Å². The molecule has 1 heterocycles. The summed E-state index contributed by atoms with van der Waals surface area (Å²) in [6, 6.07) is 4.16. The number of ether oxygens (including phenoxy) is 1. The van der Waals surface area contributed by atoms with Crippen LogP contribution < -0.4 is 10.5 Å². The van der Waals surface area contributed by atoms with Gasteiger partial charge in [-0.15, -0.1) is 0 Å². The number of aromatic nitrogens is 2. The molecule has 0 unspecified atom stereocenters. The number of rotatable bonds is 5. The molecule has 0 atom stereocenters. The zero-order valence-corrected chi connectivity index (χ0v) is 15.8. The first-order valence-corrected chi connectivity index (χ1v) is 8.18. The molecule has 0 saturated heterocycles. The van der Waals surface area contributed by atoms with Crippen LogP contribution in [0.1, 0.15) is 11.3 Å². The second kappa shape index (κ2) is 8.98. The van der Waals surface area contributed by atoms with E-state index in [2.05, 4.69) is 14.8 Å². The minimum Gasteiger partial charge on any atom is -0.431 e. The fourth-order valence-electron chi connectivity index (χ4n) is 2.05. The van der Waals surface area contributed by atoms with Crippen LogP contribution in [-0.4, -0.2) is 22.6 Å². The van der Waals surface area contributed by atoms with Gasteiger partial charge in [-0.05, 0) is 12.1 Å². The molecule has 0 aliphatic rings. The van der Waals surface area contributed by atoms with Crippen LogP contribution in [0.4, 0.5) is 22.0 Å². The molecule has 0 aliphatic heterocycles. The van der Waals surface area contributed by atoms with E-state index in [-0.39, 0.29) is 11.4 Å². The van der Waals surface area contributed by atoms with Gasteiger partial charge < -0.3 is 10.5 Å². The van der Waals surface area contributed by atoms with Crippen molar-refractivity contribution in [2.45, 2.75) is 12.8 Å². The van der Waals surface area contributed by atoms with E-state index in [9.17, 15) is 22.0 Å². The van der Waals surface area contributed by atoms with E-state index in [0.717, 1.165) is 17.1 Å². The fourth-order valence-corrected chi connectivity index (χ4v) is 2.71. The van der Waals surface area contributed by atoms with Crippen molar-refractivity contribution in [3.63, 3.8) is 0 Å². The van der Waals surface area contributed by atoms with E-state index in [1.165, 1.54) is 12.1 Å². The van der Waals surface area contributed by atoms with Crippen LogP contribution >= 0.6 is 23.2 Å². The first-order chi connectivity index (χ1) is 14.0. The standard InChI is InChI=1S/C16H7Cl2F5N6O/c17-8-1-7(16(21,22)23)2-9(18)14(8)29-6-13(30-15(19)20)12(28-29)5-27-11(4-25)10(26)3-24/h1-2,5-6,15H,26H2/b11-10-,27-5+. The molecular formula is C16H7Cl2F5N6O. The molecule has 2 rings (SSSR count). The van der Waals surface area contributed by atoms with Crippen molar-refractivity contribution in [2.24, 2.45) is 10.7 Å². The Morgan fingerprint density at radius 1 is 1.23 bits per heavy atom. The summed E-state index contributed by atoms with van der Waals surface area (Å²) in [5.41, 5.74) is 2.45. The van der Waals surface area contributed by atoms with Gasteiger partial charge in [0.25, 0.3) is 0 Å². The number of alkyl halides is 5.